The van der Waals surface area contributed by atoms with Crippen LogP contribution >= 0.6 is 0 Å². The van der Waals surface area contributed by atoms with Crippen molar-refractivity contribution in [2.24, 2.45) is 0 Å². The lowest BCUT2D eigenvalue weighted by Gasteiger charge is -2.01. The monoisotopic (exact) mass is 246 g/mol. The molecule has 0 spiro atoms. The smallest absolute Gasteiger partial charge is 0.371 e. The maximum absolute atomic E-state index is 12.9. The van der Waals surface area contributed by atoms with Crippen LogP contribution in [0.1, 0.15) is 10.6 Å². The lowest BCUT2D eigenvalue weighted by molar-refractivity contribution is 0.0665. The van der Waals surface area contributed by atoms with Crippen molar-refractivity contribution in [3.05, 3.63) is 48.5 Å². The van der Waals surface area contributed by atoms with Gasteiger partial charge in [0, 0.05) is 11.5 Å². The molecule has 0 aliphatic carbocycles. The number of rotatable bonds is 2. The summed E-state index contributed by atoms with van der Waals surface area (Å²) >= 11 is 0. The van der Waals surface area contributed by atoms with Gasteiger partial charge in [0.25, 0.3) is 0 Å². The third-order valence-corrected chi connectivity index (χ3v) is 2.58. The lowest BCUT2D eigenvalue weighted by Crippen LogP contribution is -1.92. The summed E-state index contributed by atoms with van der Waals surface area (Å²) < 4.78 is 19.5. The van der Waals surface area contributed by atoms with Crippen molar-refractivity contribution in [2.75, 3.05) is 0 Å². The van der Waals surface area contributed by atoms with Crippen LogP contribution in [0, 0.1) is 5.95 Å². The molecule has 2 aromatic heterocycles. The highest BCUT2D eigenvalue weighted by Gasteiger charge is 2.13. The Bertz CT molecular complexity index is 745. The van der Waals surface area contributed by atoms with Gasteiger partial charge in [0.15, 0.2) is 0 Å². The number of hydrogen-bond acceptors (Lipinski definition) is 3. The molecule has 0 atom stereocenters. The highest BCUT2D eigenvalue weighted by Crippen LogP contribution is 2.26. The van der Waals surface area contributed by atoms with Crippen molar-refractivity contribution in [3.8, 4) is 5.69 Å². The predicted octanol–water partition coefficient (Wildman–Crippen LogP) is 2.46. The van der Waals surface area contributed by atoms with Crippen LogP contribution in [-0.4, -0.2) is 20.6 Å². The van der Waals surface area contributed by atoms with Crippen LogP contribution < -0.4 is 0 Å². The van der Waals surface area contributed by atoms with Crippen LogP contribution in [0.3, 0.4) is 0 Å². The van der Waals surface area contributed by atoms with Gasteiger partial charge in [0.2, 0.25) is 11.7 Å². The topological polar surface area (TPSA) is 68.3 Å². The minimum atomic E-state index is -1.14. The molecule has 18 heavy (non-hydrogen) atoms. The van der Waals surface area contributed by atoms with E-state index in [0.29, 0.717) is 16.7 Å². The molecule has 3 aromatic rings. The van der Waals surface area contributed by atoms with E-state index in [1.165, 1.54) is 23.2 Å². The van der Waals surface area contributed by atoms with E-state index in [1.807, 2.05) is 0 Å². The second-order valence-corrected chi connectivity index (χ2v) is 3.71. The second-order valence-electron chi connectivity index (χ2n) is 3.71. The van der Waals surface area contributed by atoms with Crippen molar-refractivity contribution in [1.29, 1.82) is 0 Å². The van der Waals surface area contributed by atoms with E-state index >= 15 is 0 Å². The van der Waals surface area contributed by atoms with Crippen molar-refractivity contribution in [2.45, 2.75) is 0 Å². The summed E-state index contributed by atoms with van der Waals surface area (Å²) in [5, 5.41) is 9.47. The number of aromatic nitrogens is 2. The number of furan rings is 1. The number of benzene rings is 1. The summed E-state index contributed by atoms with van der Waals surface area (Å²) in [6.07, 6.45) is 2.53. The lowest BCUT2D eigenvalue weighted by atomic mass is 10.2. The normalized spacial score (nSPS) is 10.9. The van der Waals surface area contributed by atoms with Crippen LogP contribution in [0.2, 0.25) is 0 Å². The van der Waals surface area contributed by atoms with Crippen molar-refractivity contribution in [3.63, 3.8) is 0 Å². The zero-order valence-electron chi connectivity index (χ0n) is 9.00. The van der Waals surface area contributed by atoms with Crippen molar-refractivity contribution in [1.82, 2.24) is 9.55 Å². The fraction of sp³-hybridized carbons (Fsp3) is 0. The number of carbonyl (C=O) groups is 1. The Morgan fingerprint density at radius 3 is 2.94 bits per heavy atom. The van der Waals surface area contributed by atoms with Gasteiger partial charge in [-0.3, -0.25) is 0 Å². The molecule has 6 heteroatoms. The Morgan fingerprint density at radius 1 is 1.44 bits per heavy atom. The number of hydrogen-bond donors (Lipinski definition) is 1. The van der Waals surface area contributed by atoms with E-state index in [-0.39, 0.29) is 5.76 Å². The average molecular weight is 246 g/mol. The minimum Gasteiger partial charge on any atom is -0.475 e. The summed E-state index contributed by atoms with van der Waals surface area (Å²) in [6, 6.07) is 6.48. The molecule has 0 unspecified atom stereocenters. The molecule has 0 radical (unpaired) electrons. The molecule has 0 amide bonds. The van der Waals surface area contributed by atoms with E-state index < -0.39 is 11.9 Å². The van der Waals surface area contributed by atoms with Gasteiger partial charge in [-0.1, -0.05) is 6.07 Å². The highest BCUT2D eigenvalue weighted by atomic mass is 19.1. The first kappa shape index (κ1) is 10.5. The van der Waals surface area contributed by atoms with Crippen molar-refractivity contribution >= 4 is 16.9 Å². The zero-order valence-corrected chi connectivity index (χ0v) is 9.00. The fourth-order valence-electron chi connectivity index (χ4n) is 1.81. The quantitative estimate of drug-likeness (QED) is 0.754. The number of carboxylic acids is 1. The summed E-state index contributed by atoms with van der Waals surface area (Å²) in [5.74, 6) is -1.90. The molecule has 2 heterocycles. The largest absolute Gasteiger partial charge is 0.475 e. The molecule has 0 aliphatic heterocycles. The first-order valence-electron chi connectivity index (χ1n) is 5.11. The number of carboxylic acid groups (broad SMARTS) is 1. The Labute approximate surface area is 100 Å². The maximum atomic E-state index is 12.9. The first-order chi connectivity index (χ1) is 8.65. The first-order valence-corrected chi connectivity index (χ1v) is 5.11. The third kappa shape index (κ3) is 1.55. The van der Waals surface area contributed by atoms with Crippen LogP contribution in [0.4, 0.5) is 4.39 Å². The van der Waals surface area contributed by atoms with Gasteiger partial charge < -0.3 is 14.1 Å². The summed E-state index contributed by atoms with van der Waals surface area (Å²) in [6.45, 7) is 0. The van der Waals surface area contributed by atoms with E-state index in [1.54, 1.807) is 18.2 Å². The van der Waals surface area contributed by atoms with Crippen LogP contribution in [-0.2, 0) is 0 Å². The molecule has 90 valence electrons. The molecular formula is C12H7FN2O3. The Hall–Kier alpha value is -2.63. The van der Waals surface area contributed by atoms with Crippen LogP contribution in [0.5, 0.6) is 0 Å². The Kier molecular flexibility index (Phi) is 2.16. The van der Waals surface area contributed by atoms with Crippen LogP contribution in [0.25, 0.3) is 16.7 Å². The maximum Gasteiger partial charge on any atom is 0.371 e. The number of nitrogens with zero attached hydrogens (tertiary/aromatic N) is 2. The molecule has 0 fully saturated rings. The summed E-state index contributed by atoms with van der Waals surface area (Å²) in [4.78, 5) is 14.3. The van der Waals surface area contributed by atoms with Gasteiger partial charge in [-0.25, -0.2) is 9.78 Å². The van der Waals surface area contributed by atoms with Gasteiger partial charge >= 0.3 is 5.97 Å². The Morgan fingerprint density at radius 2 is 2.28 bits per heavy atom. The number of aromatic carboxylic acids is 1. The van der Waals surface area contributed by atoms with Gasteiger partial charge in [-0.2, -0.15) is 4.39 Å². The van der Waals surface area contributed by atoms with Gasteiger partial charge in [-0.15, -0.1) is 0 Å². The van der Waals surface area contributed by atoms with Gasteiger partial charge in [0.1, 0.15) is 11.9 Å². The standard InChI is InChI=1S/C12H7FN2O3/c13-11-5-15(6-14-11)8-2-1-3-9-7(8)4-10(18-9)12(16)17/h1-6H,(H,16,17). The molecule has 0 aliphatic rings. The zero-order chi connectivity index (χ0) is 12.7. The molecular weight excluding hydrogens is 239 g/mol. The molecule has 0 bridgehead atoms. The number of fused-ring (bicyclic) bond motifs is 1. The van der Waals surface area contributed by atoms with Gasteiger partial charge in [-0.05, 0) is 12.1 Å². The summed E-state index contributed by atoms with van der Waals surface area (Å²) in [7, 11) is 0. The molecule has 5 nitrogen and oxygen atoms in total. The SMILES string of the molecule is O=C(O)c1cc2c(-n3cnc(F)c3)cccc2o1. The van der Waals surface area contributed by atoms with E-state index in [2.05, 4.69) is 4.98 Å². The molecule has 0 saturated carbocycles. The molecule has 3 rings (SSSR count). The average Bonchev–Trinajstić information content (AvgIpc) is 2.94. The van der Waals surface area contributed by atoms with Crippen molar-refractivity contribution < 1.29 is 18.7 Å². The minimum absolute atomic E-state index is 0.155. The Balaban J connectivity index is 2.26. The van der Waals surface area contributed by atoms with Crippen LogP contribution in [0.15, 0.2) is 41.2 Å². The number of halogens is 1. The fourth-order valence-corrected chi connectivity index (χ4v) is 1.81. The second kappa shape index (κ2) is 3.69. The molecule has 1 aromatic carbocycles. The summed E-state index contributed by atoms with van der Waals surface area (Å²) in [5.41, 5.74) is 1.04. The van der Waals surface area contributed by atoms with E-state index in [4.69, 9.17) is 9.52 Å². The van der Waals surface area contributed by atoms with E-state index in [9.17, 15) is 9.18 Å². The third-order valence-electron chi connectivity index (χ3n) is 2.58. The number of imidazole rings is 1. The predicted molar refractivity (Wildman–Crippen MR) is 60.3 cm³/mol. The van der Waals surface area contributed by atoms with Gasteiger partial charge in [0.05, 0.1) is 11.9 Å². The molecule has 0 saturated heterocycles. The molecule has 1 N–H and O–H groups in total. The van der Waals surface area contributed by atoms with E-state index in [0.717, 1.165) is 0 Å². The highest BCUT2D eigenvalue weighted by molar-refractivity contribution is 5.94.